The maximum atomic E-state index is 12.7. The molecule has 4 atom stereocenters. The van der Waals surface area contributed by atoms with Gasteiger partial charge in [-0.25, -0.2) is 4.79 Å². The number of benzene rings is 2. The Morgan fingerprint density at radius 2 is 1.79 bits per heavy atom. The number of esters is 1. The van der Waals surface area contributed by atoms with Crippen LogP contribution in [0.3, 0.4) is 0 Å². The van der Waals surface area contributed by atoms with Gasteiger partial charge < -0.3 is 14.8 Å². The molecule has 0 radical (unpaired) electrons. The van der Waals surface area contributed by atoms with Gasteiger partial charge in [-0.3, -0.25) is 9.69 Å². The SMILES string of the molecule is COC(=O)C1C(c2ccc(-c3cccc(CNC(=O)OC(C)(C)C)c3)cc2)CC2CCC1N2C. The third-order valence-corrected chi connectivity index (χ3v) is 7.18. The molecule has 4 rings (SSSR count). The number of ether oxygens (including phenoxy) is 2. The summed E-state index contributed by atoms with van der Waals surface area (Å²) < 4.78 is 10.5. The van der Waals surface area contributed by atoms with E-state index >= 15 is 0 Å². The van der Waals surface area contributed by atoms with Gasteiger partial charge in [0.1, 0.15) is 5.60 Å². The smallest absolute Gasteiger partial charge is 0.407 e. The van der Waals surface area contributed by atoms with E-state index < -0.39 is 11.7 Å². The zero-order valence-corrected chi connectivity index (χ0v) is 20.8. The number of fused-ring (bicyclic) bond motifs is 2. The molecule has 1 N–H and O–H groups in total. The van der Waals surface area contributed by atoms with E-state index in [-0.39, 0.29) is 23.8 Å². The first-order valence-electron chi connectivity index (χ1n) is 12.1. The van der Waals surface area contributed by atoms with Gasteiger partial charge in [0.15, 0.2) is 0 Å². The first kappa shape index (κ1) is 24.3. The number of carbonyl (C=O) groups is 2. The molecule has 2 bridgehead atoms. The van der Waals surface area contributed by atoms with E-state index in [1.165, 1.54) is 12.7 Å². The lowest BCUT2D eigenvalue weighted by molar-refractivity contribution is -0.150. The third-order valence-electron chi connectivity index (χ3n) is 7.18. The van der Waals surface area contributed by atoms with Crippen molar-refractivity contribution in [1.29, 1.82) is 0 Å². The Bertz CT molecular complexity index is 1030. The van der Waals surface area contributed by atoms with Crippen LogP contribution in [0.4, 0.5) is 4.79 Å². The Balaban J connectivity index is 1.48. The van der Waals surface area contributed by atoms with E-state index in [4.69, 9.17) is 9.47 Å². The molecule has 0 saturated carbocycles. The predicted octanol–water partition coefficient (Wildman–Crippen LogP) is 5.12. The lowest BCUT2D eigenvalue weighted by Crippen LogP contribution is -2.49. The van der Waals surface area contributed by atoms with Crippen LogP contribution in [-0.4, -0.2) is 48.8 Å². The minimum absolute atomic E-state index is 0.100. The maximum absolute atomic E-state index is 12.7. The summed E-state index contributed by atoms with van der Waals surface area (Å²) in [6.07, 6.45) is 2.76. The van der Waals surface area contributed by atoms with E-state index in [0.29, 0.717) is 12.6 Å². The molecule has 2 aromatic rings. The Kier molecular flexibility index (Phi) is 6.99. The highest BCUT2D eigenvalue weighted by atomic mass is 16.6. The molecule has 2 fully saturated rings. The topological polar surface area (TPSA) is 67.9 Å². The fraction of sp³-hybridized carbons (Fsp3) is 0.500. The van der Waals surface area contributed by atoms with E-state index in [9.17, 15) is 9.59 Å². The normalized spacial score (nSPS) is 24.5. The van der Waals surface area contributed by atoms with Gasteiger partial charge in [-0.15, -0.1) is 0 Å². The Labute approximate surface area is 202 Å². The van der Waals surface area contributed by atoms with Crippen molar-refractivity contribution in [1.82, 2.24) is 10.2 Å². The van der Waals surface area contributed by atoms with Gasteiger partial charge in [0.2, 0.25) is 0 Å². The Morgan fingerprint density at radius 1 is 1.06 bits per heavy atom. The van der Waals surface area contributed by atoms with Crippen LogP contribution < -0.4 is 5.32 Å². The number of rotatable bonds is 5. The number of nitrogens with zero attached hydrogens (tertiary/aromatic N) is 1. The van der Waals surface area contributed by atoms with Crippen molar-refractivity contribution in [3.05, 3.63) is 59.7 Å². The van der Waals surface area contributed by atoms with Crippen molar-refractivity contribution in [2.24, 2.45) is 5.92 Å². The van der Waals surface area contributed by atoms with Crippen LogP contribution in [-0.2, 0) is 20.8 Å². The van der Waals surface area contributed by atoms with Crippen molar-refractivity contribution >= 4 is 12.1 Å². The Morgan fingerprint density at radius 3 is 2.47 bits per heavy atom. The molecular formula is C28H36N2O4. The van der Waals surface area contributed by atoms with Gasteiger partial charge in [-0.2, -0.15) is 0 Å². The summed E-state index contributed by atoms with van der Waals surface area (Å²) in [5.41, 5.74) is 3.88. The summed E-state index contributed by atoms with van der Waals surface area (Å²) in [7, 11) is 3.64. The molecule has 2 aliphatic rings. The zero-order chi connectivity index (χ0) is 24.5. The van der Waals surface area contributed by atoms with Crippen LogP contribution in [0, 0.1) is 5.92 Å². The van der Waals surface area contributed by atoms with E-state index in [1.54, 1.807) is 0 Å². The first-order chi connectivity index (χ1) is 16.2. The van der Waals surface area contributed by atoms with Crippen LogP contribution >= 0.6 is 0 Å². The summed E-state index contributed by atoms with van der Waals surface area (Å²) in [5.74, 6) is -0.0436. The second-order valence-corrected chi connectivity index (χ2v) is 10.5. The van der Waals surface area contributed by atoms with Crippen LogP contribution in [0.15, 0.2) is 48.5 Å². The number of amides is 1. The van der Waals surface area contributed by atoms with Gasteiger partial charge in [0.25, 0.3) is 0 Å². The summed E-state index contributed by atoms with van der Waals surface area (Å²) >= 11 is 0. The molecule has 4 unspecified atom stereocenters. The summed E-state index contributed by atoms with van der Waals surface area (Å²) in [6.45, 7) is 5.95. The van der Waals surface area contributed by atoms with Crippen molar-refractivity contribution in [3.63, 3.8) is 0 Å². The average molecular weight is 465 g/mol. The van der Waals surface area contributed by atoms with Crippen LogP contribution in [0.25, 0.3) is 11.1 Å². The number of alkyl carbamates (subject to hydrolysis) is 1. The Hall–Kier alpha value is -2.86. The maximum Gasteiger partial charge on any atom is 0.407 e. The largest absolute Gasteiger partial charge is 0.469 e. The number of piperidine rings is 1. The molecule has 182 valence electrons. The van der Waals surface area contributed by atoms with E-state index in [1.807, 2.05) is 32.9 Å². The van der Waals surface area contributed by atoms with Crippen molar-refractivity contribution in [2.75, 3.05) is 14.2 Å². The third kappa shape index (κ3) is 5.27. The van der Waals surface area contributed by atoms with Crippen molar-refractivity contribution in [3.8, 4) is 11.1 Å². The van der Waals surface area contributed by atoms with Crippen LogP contribution in [0.5, 0.6) is 0 Å². The number of hydrogen-bond donors (Lipinski definition) is 1. The molecule has 34 heavy (non-hydrogen) atoms. The lowest BCUT2D eigenvalue weighted by Gasteiger charge is -2.41. The van der Waals surface area contributed by atoms with Crippen LogP contribution in [0.1, 0.15) is 57.1 Å². The standard InChI is InChI=1S/C28H36N2O4/c1-28(2,3)34-27(32)29-17-18-7-6-8-21(15-18)19-9-11-20(12-10-19)23-16-22-13-14-24(30(22)4)25(23)26(31)33-5/h6-12,15,22-25H,13-14,16-17H2,1-5H3,(H,29,32). The molecule has 2 saturated heterocycles. The predicted molar refractivity (Wildman–Crippen MR) is 132 cm³/mol. The molecule has 0 aliphatic carbocycles. The minimum Gasteiger partial charge on any atom is -0.469 e. The highest BCUT2D eigenvalue weighted by molar-refractivity contribution is 5.75. The molecule has 2 heterocycles. The zero-order valence-electron chi connectivity index (χ0n) is 20.8. The van der Waals surface area contributed by atoms with Gasteiger partial charge in [-0.1, -0.05) is 42.5 Å². The van der Waals surface area contributed by atoms with Crippen LogP contribution in [0.2, 0.25) is 0 Å². The average Bonchev–Trinajstić information content (AvgIpc) is 3.03. The molecule has 0 spiro atoms. The fourth-order valence-corrected chi connectivity index (χ4v) is 5.54. The monoisotopic (exact) mass is 464 g/mol. The summed E-state index contributed by atoms with van der Waals surface area (Å²) in [5, 5.41) is 2.82. The lowest BCUT2D eigenvalue weighted by atomic mass is 9.76. The van der Waals surface area contributed by atoms with Crippen molar-refractivity contribution in [2.45, 2.75) is 70.2 Å². The van der Waals surface area contributed by atoms with E-state index in [2.05, 4.69) is 53.7 Å². The molecule has 1 amide bonds. The summed E-state index contributed by atoms with van der Waals surface area (Å²) in [4.78, 5) is 27.1. The van der Waals surface area contributed by atoms with Gasteiger partial charge in [0, 0.05) is 24.5 Å². The summed E-state index contributed by atoms with van der Waals surface area (Å²) in [6, 6.07) is 17.5. The molecular weight excluding hydrogens is 428 g/mol. The molecule has 2 aromatic carbocycles. The number of nitrogens with one attached hydrogen (secondary N) is 1. The molecule has 6 nitrogen and oxygen atoms in total. The quantitative estimate of drug-likeness (QED) is 0.622. The number of methoxy groups -OCH3 is 1. The minimum atomic E-state index is -0.520. The second-order valence-electron chi connectivity index (χ2n) is 10.5. The highest BCUT2D eigenvalue weighted by Gasteiger charge is 2.49. The fourth-order valence-electron chi connectivity index (χ4n) is 5.54. The second kappa shape index (κ2) is 9.79. The highest BCUT2D eigenvalue weighted by Crippen LogP contribution is 2.46. The van der Waals surface area contributed by atoms with Gasteiger partial charge >= 0.3 is 12.1 Å². The van der Waals surface area contributed by atoms with Gasteiger partial charge in [-0.05, 0) is 75.4 Å². The molecule has 2 aliphatic heterocycles. The van der Waals surface area contributed by atoms with E-state index in [0.717, 1.165) is 36.0 Å². The van der Waals surface area contributed by atoms with Gasteiger partial charge in [0.05, 0.1) is 13.0 Å². The molecule has 6 heteroatoms. The number of carbonyl (C=O) groups excluding carboxylic acids is 2. The molecule has 0 aromatic heterocycles. The van der Waals surface area contributed by atoms with Crippen molar-refractivity contribution < 1.29 is 19.1 Å². The number of hydrogen-bond acceptors (Lipinski definition) is 5. The first-order valence-corrected chi connectivity index (χ1v) is 12.1.